The van der Waals surface area contributed by atoms with Gasteiger partial charge in [-0.25, -0.2) is 4.79 Å². The molecule has 1 atom stereocenters. The number of nitrogens with zero attached hydrogens (tertiary/aromatic N) is 3. The first-order chi connectivity index (χ1) is 9.47. The van der Waals surface area contributed by atoms with Crippen molar-refractivity contribution in [2.24, 2.45) is 0 Å². The number of nitro benzene ring substituents is 1. The van der Waals surface area contributed by atoms with Crippen molar-refractivity contribution in [1.29, 1.82) is 0 Å². The highest BCUT2D eigenvalue weighted by molar-refractivity contribution is 5.89. The molecule has 1 aromatic carbocycles. The van der Waals surface area contributed by atoms with Crippen LogP contribution in [0.3, 0.4) is 0 Å². The van der Waals surface area contributed by atoms with E-state index in [1.807, 2.05) is 0 Å². The summed E-state index contributed by atoms with van der Waals surface area (Å²) in [6.45, 7) is 3.24. The molecule has 1 aromatic heterocycles. The number of rotatable bonds is 4. The molecule has 8 nitrogen and oxygen atoms in total. The molecule has 0 fully saturated rings. The second kappa shape index (κ2) is 5.47. The Labute approximate surface area is 113 Å². The van der Waals surface area contributed by atoms with Crippen LogP contribution in [0.15, 0.2) is 28.8 Å². The summed E-state index contributed by atoms with van der Waals surface area (Å²) in [5, 5.41) is 14.1. The van der Waals surface area contributed by atoms with Crippen LogP contribution in [-0.2, 0) is 4.74 Å². The Hall–Kier alpha value is -2.77. The molecule has 104 valence electrons. The molecule has 0 radical (unpaired) electrons. The minimum atomic E-state index is -0.695. The van der Waals surface area contributed by atoms with Gasteiger partial charge in [-0.2, -0.15) is 4.98 Å². The molecule has 0 spiro atoms. The summed E-state index contributed by atoms with van der Waals surface area (Å²) in [4.78, 5) is 25.8. The van der Waals surface area contributed by atoms with Gasteiger partial charge in [0.1, 0.15) is 0 Å². The first-order valence-electron chi connectivity index (χ1n) is 5.73. The molecule has 2 aromatic rings. The number of non-ortho nitro benzene ring substituents is 1. The van der Waals surface area contributed by atoms with Crippen molar-refractivity contribution in [3.8, 4) is 0 Å². The average Bonchev–Trinajstić information content (AvgIpc) is 2.85. The van der Waals surface area contributed by atoms with Crippen LogP contribution in [0.1, 0.15) is 35.1 Å². The molecule has 0 saturated carbocycles. The lowest BCUT2D eigenvalue weighted by molar-refractivity contribution is -0.384. The van der Waals surface area contributed by atoms with Crippen molar-refractivity contribution in [3.05, 3.63) is 51.7 Å². The van der Waals surface area contributed by atoms with Gasteiger partial charge < -0.3 is 9.26 Å². The Kier molecular flexibility index (Phi) is 3.74. The van der Waals surface area contributed by atoms with Gasteiger partial charge in [0.2, 0.25) is 0 Å². The summed E-state index contributed by atoms with van der Waals surface area (Å²) >= 11 is 0. The Morgan fingerprint density at radius 1 is 1.40 bits per heavy atom. The van der Waals surface area contributed by atoms with Crippen LogP contribution >= 0.6 is 0 Å². The van der Waals surface area contributed by atoms with Crippen molar-refractivity contribution in [1.82, 2.24) is 10.1 Å². The first kappa shape index (κ1) is 13.7. The molecule has 8 heteroatoms. The summed E-state index contributed by atoms with van der Waals surface area (Å²) < 4.78 is 10.0. The van der Waals surface area contributed by atoms with Gasteiger partial charge >= 0.3 is 5.97 Å². The van der Waals surface area contributed by atoms with Gasteiger partial charge in [-0.1, -0.05) is 5.16 Å². The molecule has 0 aliphatic heterocycles. The Bertz CT molecular complexity index is 635. The SMILES string of the molecule is Cc1noc([C@@H](C)OC(=O)c2ccc([N+](=O)[O-])cc2)n1. The minimum absolute atomic E-state index is 0.0953. The van der Waals surface area contributed by atoms with Crippen molar-refractivity contribution in [2.45, 2.75) is 20.0 Å². The van der Waals surface area contributed by atoms with E-state index in [0.717, 1.165) is 0 Å². The maximum Gasteiger partial charge on any atom is 0.338 e. The van der Waals surface area contributed by atoms with Crippen LogP contribution in [-0.4, -0.2) is 21.0 Å². The lowest BCUT2D eigenvalue weighted by Gasteiger charge is -2.08. The summed E-state index contributed by atoms with van der Waals surface area (Å²) in [6, 6.07) is 5.12. The topological polar surface area (TPSA) is 108 Å². The number of esters is 1. The number of nitro groups is 1. The molecular weight excluding hydrogens is 266 g/mol. The Balaban J connectivity index is 2.06. The second-order valence-corrected chi connectivity index (χ2v) is 4.03. The largest absolute Gasteiger partial charge is 0.449 e. The molecule has 0 saturated heterocycles. The maximum atomic E-state index is 11.8. The maximum absolute atomic E-state index is 11.8. The highest BCUT2D eigenvalue weighted by Gasteiger charge is 2.19. The Morgan fingerprint density at radius 3 is 2.55 bits per heavy atom. The fourth-order valence-electron chi connectivity index (χ4n) is 1.48. The predicted octanol–water partition coefficient (Wildman–Crippen LogP) is 2.20. The van der Waals surface area contributed by atoms with Crippen molar-refractivity contribution >= 4 is 11.7 Å². The summed E-state index contributed by atoms with van der Waals surface area (Å²) in [7, 11) is 0. The van der Waals surface area contributed by atoms with E-state index in [9.17, 15) is 14.9 Å². The van der Waals surface area contributed by atoms with Gasteiger partial charge in [0, 0.05) is 12.1 Å². The summed E-state index contributed by atoms with van der Waals surface area (Å²) in [5.41, 5.74) is 0.112. The zero-order valence-corrected chi connectivity index (χ0v) is 10.8. The van der Waals surface area contributed by atoms with Crippen LogP contribution in [0.5, 0.6) is 0 Å². The predicted molar refractivity (Wildman–Crippen MR) is 66.0 cm³/mol. The van der Waals surface area contributed by atoms with Crippen LogP contribution < -0.4 is 0 Å². The van der Waals surface area contributed by atoms with E-state index in [2.05, 4.69) is 10.1 Å². The lowest BCUT2D eigenvalue weighted by Crippen LogP contribution is -2.09. The van der Waals surface area contributed by atoms with Crippen LogP contribution in [0.25, 0.3) is 0 Å². The molecule has 0 aliphatic rings. The number of hydrogen-bond acceptors (Lipinski definition) is 7. The molecule has 0 bridgehead atoms. The normalized spacial score (nSPS) is 11.9. The number of hydrogen-bond donors (Lipinski definition) is 0. The fraction of sp³-hybridized carbons (Fsp3) is 0.250. The van der Waals surface area contributed by atoms with E-state index >= 15 is 0 Å². The zero-order chi connectivity index (χ0) is 14.7. The van der Waals surface area contributed by atoms with E-state index < -0.39 is 17.0 Å². The standard InChI is InChI=1S/C12H11N3O5/c1-7(11-13-8(2)14-20-11)19-12(16)9-3-5-10(6-4-9)15(17)18/h3-7H,1-2H3/t7-/m1/s1. The number of aromatic nitrogens is 2. The number of carbonyl (C=O) groups excluding carboxylic acids is 1. The van der Waals surface area contributed by atoms with Crippen molar-refractivity contribution in [2.75, 3.05) is 0 Å². The number of aryl methyl sites for hydroxylation is 1. The molecule has 0 N–H and O–H groups in total. The average molecular weight is 277 g/mol. The summed E-state index contributed by atoms with van der Waals surface area (Å²) in [5.74, 6) is 0.0132. The van der Waals surface area contributed by atoms with Gasteiger partial charge in [-0.15, -0.1) is 0 Å². The van der Waals surface area contributed by atoms with E-state index in [-0.39, 0.29) is 17.1 Å². The fourth-order valence-corrected chi connectivity index (χ4v) is 1.48. The van der Waals surface area contributed by atoms with E-state index in [1.165, 1.54) is 24.3 Å². The van der Waals surface area contributed by atoms with Crippen LogP contribution in [0, 0.1) is 17.0 Å². The van der Waals surface area contributed by atoms with Gasteiger partial charge in [-0.3, -0.25) is 10.1 Å². The van der Waals surface area contributed by atoms with Gasteiger partial charge in [0.15, 0.2) is 11.9 Å². The highest BCUT2D eigenvalue weighted by Crippen LogP contribution is 2.18. The third-order valence-electron chi connectivity index (χ3n) is 2.49. The van der Waals surface area contributed by atoms with Gasteiger partial charge in [0.25, 0.3) is 11.6 Å². The van der Waals surface area contributed by atoms with Gasteiger partial charge in [0.05, 0.1) is 10.5 Å². The molecule has 0 amide bonds. The van der Waals surface area contributed by atoms with Crippen molar-refractivity contribution < 1.29 is 19.0 Å². The van der Waals surface area contributed by atoms with Gasteiger partial charge in [-0.05, 0) is 26.0 Å². The van der Waals surface area contributed by atoms with E-state index in [1.54, 1.807) is 13.8 Å². The number of carbonyl (C=O) groups is 1. The molecule has 1 heterocycles. The molecule has 0 aliphatic carbocycles. The number of ether oxygens (including phenoxy) is 1. The lowest BCUT2D eigenvalue weighted by atomic mass is 10.2. The third kappa shape index (κ3) is 2.97. The monoisotopic (exact) mass is 277 g/mol. The third-order valence-corrected chi connectivity index (χ3v) is 2.49. The summed E-state index contributed by atoms with van der Waals surface area (Å²) in [6.07, 6.45) is -0.695. The van der Waals surface area contributed by atoms with Crippen LogP contribution in [0.4, 0.5) is 5.69 Å². The molecule has 2 rings (SSSR count). The Morgan fingerprint density at radius 2 is 2.05 bits per heavy atom. The molecule has 20 heavy (non-hydrogen) atoms. The highest BCUT2D eigenvalue weighted by atomic mass is 16.6. The number of benzene rings is 1. The minimum Gasteiger partial charge on any atom is -0.449 e. The first-order valence-corrected chi connectivity index (χ1v) is 5.73. The van der Waals surface area contributed by atoms with E-state index in [4.69, 9.17) is 9.26 Å². The van der Waals surface area contributed by atoms with Crippen molar-refractivity contribution in [3.63, 3.8) is 0 Å². The smallest absolute Gasteiger partial charge is 0.338 e. The molecule has 0 unspecified atom stereocenters. The zero-order valence-electron chi connectivity index (χ0n) is 10.8. The van der Waals surface area contributed by atoms with Crippen LogP contribution in [0.2, 0.25) is 0 Å². The second-order valence-electron chi connectivity index (χ2n) is 4.03. The quantitative estimate of drug-likeness (QED) is 0.478. The molecular formula is C12H11N3O5. The van der Waals surface area contributed by atoms with E-state index in [0.29, 0.717) is 5.82 Å².